The number of hydrogen-bond acceptors (Lipinski definition) is 6. The van der Waals surface area contributed by atoms with Crippen LogP contribution in [0.2, 0.25) is 0 Å². The molecule has 1 aliphatic rings. The van der Waals surface area contributed by atoms with E-state index in [-0.39, 0.29) is 11.9 Å². The molecule has 1 fully saturated rings. The minimum Gasteiger partial charge on any atom is -0.423 e. The van der Waals surface area contributed by atoms with Crippen LogP contribution in [0.3, 0.4) is 0 Å². The number of oxazole rings is 1. The molecule has 3 heterocycles. The fourth-order valence-electron chi connectivity index (χ4n) is 3.48. The number of carbonyl (C=O) groups is 1. The molecule has 1 saturated heterocycles. The normalized spacial score (nSPS) is 16.1. The first-order chi connectivity index (χ1) is 13.0. The number of piperazine rings is 1. The Kier molecular flexibility index (Phi) is 4.57. The summed E-state index contributed by atoms with van der Waals surface area (Å²) in [5.41, 5.74) is 3.70. The van der Waals surface area contributed by atoms with Gasteiger partial charge in [-0.05, 0) is 31.7 Å². The molecule has 2 aromatic heterocycles. The van der Waals surface area contributed by atoms with Gasteiger partial charge in [-0.25, -0.2) is 0 Å². The molecule has 1 aliphatic heterocycles. The molecule has 27 heavy (non-hydrogen) atoms. The summed E-state index contributed by atoms with van der Waals surface area (Å²) in [5, 5.41) is 7.27. The average molecular weight is 368 g/mol. The van der Waals surface area contributed by atoms with Gasteiger partial charge < -0.3 is 19.5 Å². The number of benzene rings is 1. The summed E-state index contributed by atoms with van der Waals surface area (Å²) >= 11 is 0. The molecule has 0 radical (unpaired) electrons. The molecule has 0 saturated carbocycles. The van der Waals surface area contributed by atoms with Crippen LogP contribution >= 0.6 is 0 Å². The number of aryl methyl sites for hydroxylation is 2. The first-order valence-electron chi connectivity index (χ1n) is 9.12. The lowest BCUT2D eigenvalue weighted by Crippen LogP contribution is -2.51. The monoisotopic (exact) mass is 368 g/mol. The largest absolute Gasteiger partial charge is 0.423 e. The first kappa shape index (κ1) is 17.5. The number of likely N-dealkylation sites (N-methyl/N-ethyl adjacent to an activating group) is 1. The summed E-state index contributed by atoms with van der Waals surface area (Å²) in [7, 11) is 3.65. The molecule has 1 N–H and O–H groups in total. The van der Waals surface area contributed by atoms with Crippen LogP contribution in [0.1, 0.15) is 17.2 Å². The summed E-state index contributed by atoms with van der Waals surface area (Å²) < 4.78 is 7.60. The molecular formula is C19H24N6O2. The quantitative estimate of drug-likeness (QED) is 0.751. The van der Waals surface area contributed by atoms with Gasteiger partial charge in [-0.1, -0.05) is 6.07 Å². The summed E-state index contributed by atoms with van der Waals surface area (Å²) in [6.07, 6.45) is 3.60. The molecule has 4 rings (SSSR count). The molecule has 0 bridgehead atoms. The molecule has 1 unspecified atom stereocenters. The highest BCUT2D eigenvalue weighted by Crippen LogP contribution is 2.24. The predicted molar refractivity (Wildman–Crippen MR) is 103 cm³/mol. The van der Waals surface area contributed by atoms with E-state index < -0.39 is 0 Å². The number of amides is 1. The third-order valence-electron chi connectivity index (χ3n) is 4.99. The van der Waals surface area contributed by atoms with Gasteiger partial charge >= 0.3 is 0 Å². The Bertz CT molecular complexity index is 954. The molecule has 8 heteroatoms. The lowest BCUT2D eigenvalue weighted by molar-refractivity contribution is -0.133. The van der Waals surface area contributed by atoms with E-state index in [4.69, 9.17) is 4.42 Å². The van der Waals surface area contributed by atoms with E-state index >= 15 is 0 Å². The maximum absolute atomic E-state index is 12.9. The smallest absolute Gasteiger partial charge is 0.298 e. The Morgan fingerprint density at radius 3 is 2.70 bits per heavy atom. The van der Waals surface area contributed by atoms with E-state index in [2.05, 4.69) is 20.3 Å². The van der Waals surface area contributed by atoms with Gasteiger partial charge in [0.05, 0.1) is 6.20 Å². The first-order valence-corrected chi connectivity index (χ1v) is 9.12. The molecule has 1 atom stereocenters. The zero-order chi connectivity index (χ0) is 19.0. The van der Waals surface area contributed by atoms with E-state index in [0.717, 1.165) is 22.2 Å². The fourth-order valence-corrected chi connectivity index (χ4v) is 3.48. The molecule has 8 nitrogen and oxygen atoms in total. The Balaban J connectivity index is 1.43. The van der Waals surface area contributed by atoms with E-state index in [1.54, 1.807) is 17.9 Å². The Labute approximate surface area is 157 Å². The highest BCUT2D eigenvalue weighted by atomic mass is 16.4. The van der Waals surface area contributed by atoms with Crippen LogP contribution in [0, 0.1) is 6.92 Å². The van der Waals surface area contributed by atoms with E-state index in [9.17, 15) is 4.79 Å². The van der Waals surface area contributed by atoms with Crippen molar-refractivity contribution < 1.29 is 9.21 Å². The summed E-state index contributed by atoms with van der Waals surface area (Å²) in [5.74, 6) is 0.0679. The van der Waals surface area contributed by atoms with Crippen molar-refractivity contribution in [3.05, 3.63) is 41.7 Å². The molecule has 0 spiro atoms. The maximum atomic E-state index is 12.9. The number of nitrogens with one attached hydrogen (secondary N) is 1. The Morgan fingerprint density at radius 1 is 1.26 bits per heavy atom. The van der Waals surface area contributed by atoms with Crippen molar-refractivity contribution in [1.82, 2.24) is 25.0 Å². The molecule has 0 aliphatic carbocycles. The van der Waals surface area contributed by atoms with Crippen molar-refractivity contribution in [3.63, 3.8) is 0 Å². The van der Waals surface area contributed by atoms with Gasteiger partial charge in [-0.15, -0.1) is 0 Å². The van der Waals surface area contributed by atoms with Crippen LogP contribution in [-0.4, -0.2) is 58.8 Å². The second kappa shape index (κ2) is 7.03. The van der Waals surface area contributed by atoms with Crippen molar-refractivity contribution in [2.24, 2.45) is 7.05 Å². The van der Waals surface area contributed by atoms with E-state index in [0.29, 0.717) is 32.2 Å². The Morgan fingerprint density at radius 2 is 2.04 bits per heavy atom. The van der Waals surface area contributed by atoms with Gasteiger partial charge in [0.25, 0.3) is 6.01 Å². The van der Waals surface area contributed by atoms with Crippen molar-refractivity contribution in [2.45, 2.75) is 13.0 Å². The van der Waals surface area contributed by atoms with Gasteiger partial charge in [-0.2, -0.15) is 10.1 Å². The van der Waals surface area contributed by atoms with E-state index in [1.807, 2.05) is 43.3 Å². The summed E-state index contributed by atoms with van der Waals surface area (Å²) in [4.78, 5) is 21.5. The van der Waals surface area contributed by atoms with Gasteiger partial charge in [0.15, 0.2) is 5.58 Å². The SMILES string of the molecule is CNC(C(=O)N1CCN(c2nc3cc(C)ccc3o2)CC1)c1cnn(C)c1. The zero-order valence-corrected chi connectivity index (χ0v) is 15.8. The standard InChI is InChI=1S/C19H24N6O2/c1-13-4-5-16-15(10-13)22-19(27-16)25-8-6-24(7-9-25)18(26)17(20-2)14-11-21-23(3)12-14/h4-5,10-12,17,20H,6-9H2,1-3H3. The molecular weight excluding hydrogens is 344 g/mol. The lowest BCUT2D eigenvalue weighted by Gasteiger charge is -2.35. The van der Waals surface area contributed by atoms with Crippen LogP contribution in [0.5, 0.6) is 0 Å². The predicted octanol–water partition coefficient (Wildman–Crippen LogP) is 1.48. The topological polar surface area (TPSA) is 79.4 Å². The second-order valence-corrected chi connectivity index (χ2v) is 6.95. The van der Waals surface area contributed by atoms with Gasteiger partial charge in [-0.3, -0.25) is 9.48 Å². The third kappa shape index (κ3) is 3.40. The molecule has 3 aromatic rings. The van der Waals surface area contributed by atoms with Crippen LogP contribution in [0.25, 0.3) is 11.1 Å². The fraction of sp³-hybridized carbons (Fsp3) is 0.421. The molecule has 1 amide bonds. The summed E-state index contributed by atoms with van der Waals surface area (Å²) in [6.45, 7) is 4.70. The molecule has 1 aromatic carbocycles. The zero-order valence-electron chi connectivity index (χ0n) is 15.8. The van der Waals surface area contributed by atoms with Crippen LogP contribution < -0.4 is 10.2 Å². The maximum Gasteiger partial charge on any atom is 0.298 e. The minimum absolute atomic E-state index is 0.0679. The lowest BCUT2D eigenvalue weighted by atomic mass is 10.1. The number of hydrogen-bond donors (Lipinski definition) is 1. The molecule has 142 valence electrons. The number of anilines is 1. The van der Waals surface area contributed by atoms with Crippen LogP contribution in [0.4, 0.5) is 6.01 Å². The number of aromatic nitrogens is 3. The van der Waals surface area contributed by atoms with Crippen LogP contribution in [-0.2, 0) is 11.8 Å². The van der Waals surface area contributed by atoms with Crippen molar-refractivity contribution in [2.75, 3.05) is 38.1 Å². The van der Waals surface area contributed by atoms with Gasteiger partial charge in [0, 0.05) is 45.0 Å². The van der Waals surface area contributed by atoms with Gasteiger partial charge in [0.1, 0.15) is 11.6 Å². The Hall–Kier alpha value is -2.87. The second-order valence-electron chi connectivity index (χ2n) is 6.95. The highest BCUT2D eigenvalue weighted by Gasteiger charge is 2.29. The van der Waals surface area contributed by atoms with Gasteiger partial charge in [0.2, 0.25) is 5.91 Å². The van der Waals surface area contributed by atoms with E-state index in [1.165, 1.54) is 0 Å². The van der Waals surface area contributed by atoms with Crippen molar-refractivity contribution in [1.29, 1.82) is 0 Å². The third-order valence-corrected chi connectivity index (χ3v) is 4.99. The average Bonchev–Trinajstić information content (AvgIpc) is 3.28. The van der Waals surface area contributed by atoms with Crippen LogP contribution in [0.15, 0.2) is 35.0 Å². The minimum atomic E-state index is -0.377. The van der Waals surface area contributed by atoms with Crippen molar-refractivity contribution >= 4 is 23.0 Å². The highest BCUT2D eigenvalue weighted by molar-refractivity contribution is 5.83. The summed E-state index contributed by atoms with van der Waals surface area (Å²) in [6, 6.07) is 6.24. The van der Waals surface area contributed by atoms with Crippen molar-refractivity contribution in [3.8, 4) is 0 Å². The number of rotatable bonds is 4. The number of nitrogens with zero attached hydrogens (tertiary/aromatic N) is 5. The number of carbonyl (C=O) groups excluding carboxylic acids is 1. The number of fused-ring (bicyclic) bond motifs is 1.